The third kappa shape index (κ3) is 3.76. The van der Waals surface area contributed by atoms with Gasteiger partial charge in [0.2, 0.25) is 0 Å². The molecule has 1 fully saturated rings. The zero-order chi connectivity index (χ0) is 19.6. The molecule has 1 atom stereocenters. The molecule has 150 valence electrons. The molecule has 1 aliphatic carbocycles. The number of rotatable bonds is 5. The van der Waals surface area contributed by atoms with Crippen molar-refractivity contribution in [1.29, 1.82) is 0 Å². The van der Waals surface area contributed by atoms with Gasteiger partial charge in [-0.15, -0.1) is 16.4 Å². The Morgan fingerprint density at radius 3 is 2.62 bits per heavy atom. The number of hydrogen-bond acceptors (Lipinski definition) is 5. The molecule has 2 aliphatic rings. The summed E-state index contributed by atoms with van der Waals surface area (Å²) in [4.78, 5) is 3.73. The van der Waals surface area contributed by atoms with Gasteiger partial charge in [-0.2, -0.15) is 0 Å². The molecule has 0 saturated heterocycles. The molecule has 0 bridgehead atoms. The van der Waals surface area contributed by atoms with Crippen LogP contribution >= 0.6 is 11.3 Å². The number of benzene rings is 1. The molecule has 29 heavy (non-hydrogen) atoms. The highest BCUT2D eigenvalue weighted by molar-refractivity contribution is 7.10. The van der Waals surface area contributed by atoms with E-state index in [-0.39, 0.29) is 11.9 Å². The monoisotopic (exact) mass is 409 g/mol. The second-order valence-corrected chi connectivity index (χ2v) is 8.80. The third-order valence-corrected chi connectivity index (χ3v) is 6.99. The summed E-state index contributed by atoms with van der Waals surface area (Å²) in [6.45, 7) is 1.75. The maximum atomic E-state index is 13.3. The van der Waals surface area contributed by atoms with E-state index in [1.54, 1.807) is 11.3 Å². The van der Waals surface area contributed by atoms with Crippen LogP contribution in [0, 0.1) is 5.82 Å². The standard InChI is InChI=1S/C22H24FN5S/c23-18-9-7-16(8-10-18)17-11-13-27(14-12-17)21(20-6-3-15-29-20)22-24-25-26-28(22)19-4-1-2-5-19/h3,6-11,15,19,21H,1-2,4-5,12-14H2. The number of tetrazole rings is 1. The van der Waals surface area contributed by atoms with Gasteiger partial charge in [0, 0.05) is 18.0 Å². The highest BCUT2D eigenvalue weighted by Gasteiger charge is 2.32. The Labute approximate surface area is 173 Å². The van der Waals surface area contributed by atoms with Crippen molar-refractivity contribution >= 4 is 16.9 Å². The van der Waals surface area contributed by atoms with E-state index in [9.17, 15) is 4.39 Å². The first-order valence-corrected chi connectivity index (χ1v) is 11.2. The van der Waals surface area contributed by atoms with E-state index in [1.807, 2.05) is 12.1 Å². The number of thiophene rings is 1. The van der Waals surface area contributed by atoms with E-state index in [0.717, 1.165) is 43.7 Å². The Hall–Kier alpha value is -2.38. The fourth-order valence-electron chi connectivity index (χ4n) is 4.55. The quantitative estimate of drug-likeness (QED) is 0.603. The molecule has 0 N–H and O–H groups in total. The second-order valence-electron chi connectivity index (χ2n) is 7.82. The lowest BCUT2D eigenvalue weighted by Crippen LogP contribution is -2.35. The molecule has 3 aromatic rings. The number of hydrogen-bond donors (Lipinski definition) is 0. The summed E-state index contributed by atoms with van der Waals surface area (Å²) < 4.78 is 15.3. The van der Waals surface area contributed by atoms with Crippen LogP contribution < -0.4 is 0 Å². The molecule has 3 heterocycles. The van der Waals surface area contributed by atoms with Gasteiger partial charge in [0.1, 0.15) is 11.9 Å². The molecule has 1 aromatic carbocycles. The van der Waals surface area contributed by atoms with Gasteiger partial charge in [0.15, 0.2) is 5.82 Å². The maximum absolute atomic E-state index is 13.3. The molecule has 5 nitrogen and oxygen atoms in total. The molecule has 0 radical (unpaired) electrons. The molecule has 0 spiro atoms. The normalized spacial score (nSPS) is 19.4. The zero-order valence-electron chi connectivity index (χ0n) is 16.2. The predicted octanol–water partition coefficient (Wildman–Crippen LogP) is 4.87. The largest absolute Gasteiger partial charge is 0.285 e. The first kappa shape index (κ1) is 18.6. The van der Waals surface area contributed by atoms with Crippen molar-refractivity contribution in [1.82, 2.24) is 25.1 Å². The summed E-state index contributed by atoms with van der Waals surface area (Å²) in [7, 11) is 0. The minimum absolute atomic E-state index is 0.0663. The van der Waals surface area contributed by atoms with Crippen molar-refractivity contribution in [2.75, 3.05) is 13.1 Å². The highest BCUT2D eigenvalue weighted by Crippen LogP contribution is 2.37. The summed E-state index contributed by atoms with van der Waals surface area (Å²) in [6, 6.07) is 11.6. The van der Waals surface area contributed by atoms with Crippen LogP contribution in [0.5, 0.6) is 0 Å². The van der Waals surface area contributed by atoms with Gasteiger partial charge in [0.05, 0.1) is 6.04 Å². The first-order valence-electron chi connectivity index (χ1n) is 10.3. The van der Waals surface area contributed by atoms with Crippen LogP contribution in [0.1, 0.15) is 60.5 Å². The molecule has 1 saturated carbocycles. The van der Waals surface area contributed by atoms with Crippen LogP contribution in [-0.4, -0.2) is 38.2 Å². The van der Waals surface area contributed by atoms with Crippen molar-refractivity contribution in [3.8, 4) is 0 Å². The molecule has 7 heteroatoms. The van der Waals surface area contributed by atoms with Crippen LogP contribution in [0.25, 0.3) is 5.57 Å². The molecule has 5 rings (SSSR count). The lowest BCUT2D eigenvalue weighted by molar-refractivity contribution is 0.233. The summed E-state index contributed by atoms with van der Waals surface area (Å²) >= 11 is 1.76. The minimum Gasteiger partial charge on any atom is -0.285 e. The van der Waals surface area contributed by atoms with Gasteiger partial charge in [-0.25, -0.2) is 9.07 Å². The molecule has 2 aromatic heterocycles. The van der Waals surface area contributed by atoms with E-state index in [2.05, 4.69) is 48.7 Å². The lowest BCUT2D eigenvalue weighted by atomic mass is 9.98. The van der Waals surface area contributed by atoms with Crippen molar-refractivity contribution in [2.45, 2.75) is 44.2 Å². The Morgan fingerprint density at radius 2 is 1.93 bits per heavy atom. The average molecular weight is 410 g/mol. The molecule has 1 aliphatic heterocycles. The van der Waals surface area contributed by atoms with Crippen molar-refractivity contribution < 1.29 is 4.39 Å². The van der Waals surface area contributed by atoms with Crippen LogP contribution in [-0.2, 0) is 0 Å². The van der Waals surface area contributed by atoms with E-state index >= 15 is 0 Å². The number of halogens is 1. The van der Waals surface area contributed by atoms with Crippen molar-refractivity contribution in [2.24, 2.45) is 0 Å². The molecular formula is C22H24FN5S. The fourth-order valence-corrected chi connectivity index (χ4v) is 5.41. The summed E-state index contributed by atoms with van der Waals surface area (Å²) in [5.74, 6) is 0.765. The van der Waals surface area contributed by atoms with Gasteiger partial charge in [0.25, 0.3) is 0 Å². The Balaban J connectivity index is 1.44. The average Bonchev–Trinajstić information content (AvgIpc) is 3.52. The topological polar surface area (TPSA) is 46.8 Å². The van der Waals surface area contributed by atoms with Crippen molar-refractivity contribution in [3.63, 3.8) is 0 Å². The smallest absolute Gasteiger partial charge is 0.174 e. The molecule has 0 amide bonds. The Bertz CT molecular complexity index is 973. The van der Waals surface area contributed by atoms with E-state index in [0.29, 0.717) is 6.04 Å². The van der Waals surface area contributed by atoms with E-state index in [4.69, 9.17) is 0 Å². The highest BCUT2D eigenvalue weighted by atomic mass is 32.1. The van der Waals surface area contributed by atoms with Crippen LogP contribution in [0.3, 0.4) is 0 Å². The van der Waals surface area contributed by atoms with Crippen LogP contribution in [0.2, 0.25) is 0 Å². The van der Waals surface area contributed by atoms with Gasteiger partial charge in [-0.3, -0.25) is 4.90 Å². The van der Waals surface area contributed by atoms with Crippen LogP contribution in [0.15, 0.2) is 47.9 Å². The van der Waals surface area contributed by atoms with E-state index in [1.165, 1.54) is 35.4 Å². The van der Waals surface area contributed by atoms with Crippen molar-refractivity contribution in [3.05, 3.63) is 69.9 Å². The lowest BCUT2D eigenvalue weighted by Gasteiger charge is -2.33. The maximum Gasteiger partial charge on any atom is 0.174 e. The van der Waals surface area contributed by atoms with E-state index < -0.39 is 0 Å². The van der Waals surface area contributed by atoms with Gasteiger partial charge in [-0.1, -0.05) is 37.1 Å². The van der Waals surface area contributed by atoms with Gasteiger partial charge in [-0.05, 0) is 64.4 Å². The Morgan fingerprint density at radius 1 is 1.10 bits per heavy atom. The predicted molar refractivity (Wildman–Crippen MR) is 112 cm³/mol. The zero-order valence-corrected chi connectivity index (χ0v) is 17.1. The SMILES string of the molecule is Fc1ccc(C2=CCN(C(c3cccs3)c3nnnn3C3CCCC3)CC2)cc1. The number of nitrogens with zero attached hydrogens (tertiary/aromatic N) is 5. The first-order chi connectivity index (χ1) is 14.3. The van der Waals surface area contributed by atoms with Gasteiger partial charge >= 0.3 is 0 Å². The third-order valence-electron chi connectivity index (χ3n) is 6.07. The van der Waals surface area contributed by atoms with Gasteiger partial charge < -0.3 is 0 Å². The number of aromatic nitrogens is 4. The second kappa shape index (κ2) is 8.16. The summed E-state index contributed by atoms with van der Waals surface area (Å²) in [6.07, 6.45) is 8.01. The summed E-state index contributed by atoms with van der Waals surface area (Å²) in [5.41, 5.74) is 2.39. The molecular weight excluding hydrogens is 385 g/mol. The van der Waals surface area contributed by atoms with Crippen LogP contribution in [0.4, 0.5) is 4.39 Å². The fraction of sp³-hybridized carbons (Fsp3) is 0.409. The minimum atomic E-state index is -0.191. The Kier molecular flexibility index (Phi) is 5.24. The molecule has 1 unspecified atom stereocenters. The summed E-state index contributed by atoms with van der Waals surface area (Å²) in [5, 5.41) is 15.0.